The number of anilines is 1. The summed E-state index contributed by atoms with van der Waals surface area (Å²) in [6, 6.07) is 6.69. The smallest absolute Gasteiger partial charge is 0.228 e. The zero-order valence-corrected chi connectivity index (χ0v) is 9.58. The predicted molar refractivity (Wildman–Crippen MR) is 63.0 cm³/mol. The minimum absolute atomic E-state index is 0.172. The van der Waals surface area contributed by atoms with E-state index in [9.17, 15) is 4.79 Å². The zero-order valence-electron chi connectivity index (χ0n) is 8.83. The van der Waals surface area contributed by atoms with Gasteiger partial charge in [-0.15, -0.1) is 0 Å². The molecule has 1 atom stereocenters. The van der Waals surface area contributed by atoms with E-state index in [-0.39, 0.29) is 18.4 Å². The molecule has 1 rings (SSSR count). The summed E-state index contributed by atoms with van der Waals surface area (Å²) in [6.45, 7) is 2.01. The number of nitrogens with one attached hydrogen (secondary N) is 1. The van der Waals surface area contributed by atoms with Crippen molar-refractivity contribution in [3.05, 3.63) is 28.8 Å². The minimum Gasteiger partial charge on any atom is -0.330 e. The largest absolute Gasteiger partial charge is 0.330 e. The maximum absolute atomic E-state index is 11.5. The minimum atomic E-state index is -0.263. The number of nitrogens with zero attached hydrogens (tertiary/aromatic N) is 1. The lowest BCUT2D eigenvalue weighted by Crippen LogP contribution is -2.26. The third-order valence-corrected chi connectivity index (χ3v) is 2.49. The molecule has 0 saturated carbocycles. The second kappa shape index (κ2) is 5.50. The zero-order chi connectivity index (χ0) is 12.1. The van der Waals surface area contributed by atoms with E-state index in [1.54, 1.807) is 19.1 Å². The molecule has 1 aromatic rings. The van der Waals surface area contributed by atoms with E-state index in [0.717, 1.165) is 0 Å². The van der Waals surface area contributed by atoms with Gasteiger partial charge in [0.05, 0.1) is 10.6 Å². The number of carbonyl (C=O) groups is 1. The number of amides is 1. The Morgan fingerprint density at radius 3 is 2.94 bits per heavy atom. The number of carbonyl (C=O) groups excluding carboxylic acids is 1. The molecule has 0 aliphatic carbocycles. The Bertz CT molecular complexity index is 439. The Labute approximate surface area is 99.0 Å². The van der Waals surface area contributed by atoms with Crippen molar-refractivity contribution in [3.8, 4) is 6.07 Å². The van der Waals surface area contributed by atoms with Crippen LogP contribution in [-0.4, -0.2) is 12.5 Å². The maximum Gasteiger partial charge on any atom is 0.228 e. The van der Waals surface area contributed by atoms with Crippen molar-refractivity contribution in [2.45, 2.75) is 6.92 Å². The van der Waals surface area contributed by atoms with E-state index in [1.807, 2.05) is 6.07 Å². The van der Waals surface area contributed by atoms with Crippen LogP contribution in [0.15, 0.2) is 18.2 Å². The number of rotatable bonds is 3. The molecule has 0 spiro atoms. The van der Waals surface area contributed by atoms with Crippen molar-refractivity contribution in [2.24, 2.45) is 11.7 Å². The van der Waals surface area contributed by atoms with Crippen molar-refractivity contribution < 1.29 is 4.79 Å². The summed E-state index contributed by atoms with van der Waals surface area (Å²) in [4.78, 5) is 11.5. The highest BCUT2D eigenvalue weighted by atomic mass is 35.5. The highest BCUT2D eigenvalue weighted by Gasteiger charge is 2.11. The first-order valence-electron chi connectivity index (χ1n) is 4.79. The number of hydrogen-bond acceptors (Lipinski definition) is 3. The van der Waals surface area contributed by atoms with Gasteiger partial charge in [0.1, 0.15) is 6.07 Å². The fraction of sp³-hybridized carbons (Fsp3) is 0.273. The first-order chi connectivity index (χ1) is 7.58. The summed E-state index contributed by atoms with van der Waals surface area (Å²) in [7, 11) is 0. The number of nitriles is 1. The van der Waals surface area contributed by atoms with Crippen LogP contribution in [0.1, 0.15) is 12.5 Å². The molecular formula is C11H12ClN3O. The molecule has 3 N–H and O–H groups in total. The molecule has 84 valence electrons. The fourth-order valence-electron chi connectivity index (χ4n) is 1.06. The Morgan fingerprint density at radius 2 is 2.38 bits per heavy atom. The van der Waals surface area contributed by atoms with Gasteiger partial charge in [0, 0.05) is 18.2 Å². The second-order valence-corrected chi connectivity index (χ2v) is 3.84. The normalized spacial score (nSPS) is 11.6. The van der Waals surface area contributed by atoms with Crippen LogP contribution < -0.4 is 11.1 Å². The van der Waals surface area contributed by atoms with Crippen LogP contribution in [0.3, 0.4) is 0 Å². The quantitative estimate of drug-likeness (QED) is 0.841. The van der Waals surface area contributed by atoms with Crippen LogP contribution in [0.2, 0.25) is 5.02 Å². The Hall–Kier alpha value is -1.57. The third-order valence-electron chi connectivity index (χ3n) is 2.16. The van der Waals surface area contributed by atoms with Crippen molar-refractivity contribution in [2.75, 3.05) is 11.9 Å². The van der Waals surface area contributed by atoms with Gasteiger partial charge in [-0.2, -0.15) is 5.26 Å². The van der Waals surface area contributed by atoms with Crippen LogP contribution in [-0.2, 0) is 4.79 Å². The summed E-state index contributed by atoms with van der Waals surface area (Å²) in [5.74, 6) is -0.435. The van der Waals surface area contributed by atoms with Crippen molar-refractivity contribution in [3.63, 3.8) is 0 Å². The van der Waals surface area contributed by atoms with Gasteiger partial charge >= 0.3 is 0 Å². The van der Waals surface area contributed by atoms with Crippen molar-refractivity contribution >= 4 is 23.2 Å². The van der Waals surface area contributed by atoms with Gasteiger partial charge in [0.2, 0.25) is 5.91 Å². The van der Waals surface area contributed by atoms with Gasteiger partial charge in [-0.25, -0.2) is 0 Å². The highest BCUT2D eigenvalue weighted by Crippen LogP contribution is 2.19. The summed E-state index contributed by atoms with van der Waals surface area (Å²) in [6.07, 6.45) is 0. The van der Waals surface area contributed by atoms with Gasteiger partial charge in [-0.05, 0) is 18.2 Å². The molecular weight excluding hydrogens is 226 g/mol. The lowest BCUT2D eigenvalue weighted by atomic mass is 10.1. The van der Waals surface area contributed by atoms with Crippen LogP contribution >= 0.6 is 11.6 Å². The summed E-state index contributed by atoms with van der Waals surface area (Å²) >= 11 is 5.77. The molecule has 0 bridgehead atoms. The van der Waals surface area contributed by atoms with E-state index in [4.69, 9.17) is 22.6 Å². The molecule has 0 aliphatic rings. The van der Waals surface area contributed by atoms with Crippen LogP contribution in [0.25, 0.3) is 0 Å². The molecule has 0 radical (unpaired) electrons. The van der Waals surface area contributed by atoms with Crippen LogP contribution in [0, 0.1) is 17.2 Å². The number of hydrogen-bond donors (Lipinski definition) is 2. The molecule has 0 fully saturated rings. The topological polar surface area (TPSA) is 78.9 Å². The molecule has 16 heavy (non-hydrogen) atoms. The summed E-state index contributed by atoms with van der Waals surface area (Å²) in [5.41, 5.74) is 6.25. The summed E-state index contributed by atoms with van der Waals surface area (Å²) in [5, 5.41) is 11.8. The van der Waals surface area contributed by atoms with Gasteiger partial charge in [-0.1, -0.05) is 18.5 Å². The molecule has 1 aromatic carbocycles. The highest BCUT2D eigenvalue weighted by molar-refractivity contribution is 6.31. The SMILES string of the molecule is CC(CN)C(=O)Nc1ccc(Cl)c(C#N)c1. The van der Waals surface area contributed by atoms with Gasteiger partial charge in [0.15, 0.2) is 0 Å². The Morgan fingerprint density at radius 1 is 1.69 bits per heavy atom. The predicted octanol–water partition coefficient (Wildman–Crippen LogP) is 1.74. The molecule has 1 unspecified atom stereocenters. The van der Waals surface area contributed by atoms with E-state index >= 15 is 0 Å². The second-order valence-electron chi connectivity index (χ2n) is 3.43. The average molecular weight is 238 g/mol. The standard InChI is InChI=1S/C11H12ClN3O/c1-7(5-13)11(16)15-9-2-3-10(12)8(4-9)6-14/h2-4,7H,5,13H2,1H3,(H,15,16). The fourth-order valence-corrected chi connectivity index (χ4v) is 1.22. The lowest BCUT2D eigenvalue weighted by Gasteiger charge is -2.10. The van der Waals surface area contributed by atoms with E-state index < -0.39 is 0 Å². The average Bonchev–Trinajstić information content (AvgIpc) is 2.30. The van der Waals surface area contributed by atoms with Gasteiger partial charge in [0.25, 0.3) is 0 Å². The van der Waals surface area contributed by atoms with Crippen molar-refractivity contribution in [1.29, 1.82) is 5.26 Å². The van der Waals surface area contributed by atoms with Gasteiger partial charge < -0.3 is 11.1 Å². The molecule has 5 heteroatoms. The maximum atomic E-state index is 11.5. The third kappa shape index (κ3) is 2.96. The Balaban J connectivity index is 2.83. The number of benzene rings is 1. The first-order valence-corrected chi connectivity index (χ1v) is 5.17. The molecule has 0 aliphatic heterocycles. The molecule has 1 amide bonds. The van der Waals surface area contributed by atoms with E-state index in [2.05, 4.69) is 5.32 Å². The van der Waals surface area contributed by atoms with Crippen LogP contribution in [0.5, 0.6) is 0 Å². The van der Waals surface area contributed by atoms with Gasteiger partial charge in [-0.3, -0.25) is 4.79 Å². The number of halogens is 1. The molecule has 0 heterocycles. The molecule has 0 aromatic heterocycles. The van der Waals surface area contributed by atoms with E-state index in [1.165, 1.54) is 6.07 Å². The molecule has 0 saturated heterocycles. The number of nitrogens with two attached hydrogens (primary N) is 1. The Kier molecular flexibility index (Phi) is 4.29. The monoisotopic (exact) mass is 237 g/mol. The molecule has 4 nitrogen and oxygen atoms in total. The first kappa shape index (κ1) is 12.5. The summed E-state index contributed by atoms with van der Waals surface area (Å²) < 4.78 is 0. The van der Waals surface area contributed by atoms with Crippen molar-refractivity contribution in [1.82, 2.24) is 0 Å². The lowest BCUT2D eigenvalue weighted by molar-refractivity contribution is -0.119. The van der Waals surface area contributed by atoms with Crippen LogP contribution in [0.4, 0.5) is 5.69 Å². The van der Waals surface area contributed by atoms with E-state index in [0.29, 0.717) is 16.3 Å².